The SMILES string of the molecule is CNC(=O)C(C)Nc1ncc(C(=O)O)cc1Cl. The molecule has 0 spiro atoms. The Morgan fingerprint density at radius 1 is 1.53 bits per heavy atom. The van der Waals surface area contributed by atoms with Crippen LogP contribution in [0, 0.1) is 0 Å². The summed E-state index contributed by atoms with van der Waals surface area (Å²) in [6, 6.07) is 0.760. The summed E-state index contributed by atoms with van der Waals surface area (Å²) < 4.78 is 0. The number of halogens is 1. The van der Waals surface area contributed by atoms with Crippen molar-refractivity contribution in [3.8, 4) is 0 Å². The number of rotatable bonds is 4. The lowest BCUT2D eigenvalue weighted by molar-refractivity contribution is -0.121. The highest BCUT2D eigenvalue weighted by atomic mass is 35.5. The molecule has 0 bridgehead atoms. The summed E-state index contributed by atoms with van der Waals surface area (Å²) in [5, 5.41) is 14.1. The Morgan fingerprint density at radius 2 is 2.18 bits per heavy atom. The molecule has 0 aliphatic carbocycles. The number of carbonyl (C=O) groups excluding carboxylic acids is 1. The number of hydrogen-bond acceptors (Lipinski definition) is 4. The second-order valence-corrected chi connectivity index (χ2v) is 3.75. The monoisotopic (exact) mass is 257 g/mol. The number of carbonyl (C=O) groups is 2. The lowest BCUT2D eigenvalue weighted by Crippen LogP contribution is -2.35. The van der Waals surface area contributed by atoms with Gasteiger partial charge in [0.05, 0.1) is 10.6 Å². The number of nitrogens with one attached hydrogen (secondary N) is 2. The van der Waals surface area contributed by atoms with E-state index in [0.29, 0.717) is 0 Å². The van der Waals surface area contributed by atoms with Crippen LogP contribution in [0.2, 0.25) is 5.02 Å². The van der Waals surface area contributed by atoms with Gasteiger partial charge in [0.1, 0.15) is 11.9 Å². The number of likely N-dealkylation sites (N-methyl/N-ethyl adjacent to an activating group) is 1. The number of anilines is 1. The van der Waals surface area contributed by atoms with Gasteiger partial charge >= 0.3 is 5.97 Å². The normalized spacial score (nSPS) is 11.7. The summed E-state index contributed by atoms with van der Waals surface area (Å²) in [7, 11) is 1.52. The Morgan fingerprint density at radius 3 is 2.65 bits per heavy atom. The number of amides is 1. The summed E-state index contributed by atoms with van der Waals surface area (Å²) in [5.74, 6) is -1.05. The molecule has 0 aliphatic heterocycles. The van der Waals surface area contributed by atoms with Crippen molar-refractivity contribution in [2.45, 2.75) is 13.0 Å². The molecule has 1 aromatic heterocycles. The lowest BCUT2D eigenvalue weighted by Gasteiger charge is -2.13. The third-order valence-corrected chi connectivity index (χ3v) is 2.37. The van der Waals surface area contributed by atoms with E-state index >= 15 is 0 Å². The van der Waals surface area contributed by atoms with Crippen molar-refractivity contribution in [3.63, 3.8) is 0 Å². The fourth-order valence-electron chi connectivity index (χ4n) is 1.15. The van der Waals surface area contributed by atoms with Crippen LogP contribution in [0.4, 0.5) is 5.82 Å². The molecule has 1 heterocycles. The van der Waals surface area contributed by atoms with Gasteiger partial charge in [0, 0.05) is 13.2 Å². The zero-order valence-electron chi connectivity index (χ0n) is 9.32. The molecule has 7 heteroatoms. The molecule has 1 amide bonds. The van der Waals surface area contributed by atoms with E-state index in [1.54, 1.807) is 6.92 Å². The van der Waals surface area contributed by atoms with Crippen LogP contribution < -0.4 is 10.6 Å². The summed E-state index contributed by atoms with van der Waals surface area (Å²) in [5.41, 5.74) is -0.00635. The van der Waals surface area contributed by atoms with Crippen LogP contribution in [0.1, 0.15) is 17.3 Å². The van der Waals surface area contributed by atoms with E-state index < -0.39 is 12.0 Å². The van der Waals surface area contributed by atoms with Gasteiger partial charge in [0.2, 0.25) is 5.91 Å². The third kappa shape index (κ3) is 3.32. The van der Waals surface area contributed by atoms with Crippen LogP contribution in [0.3, 0.4) is 0 Å². The van der Waals surface area contributed by atoms with Gasteiger partial charge in [-0.15, -0.1) is 0 Å². The molecule has 1 unspecified atom stereocenters. The molecule has 0 radical (unpaired) electrons. The van der Waals surface area contributed by atoms with Crippen molar-refractivity contribution in [2.24, 2.45) is 0 Å². The molecule has 0 saturated carbocycles. The molecule has 92 valence electrons. The Bertz CT molecular complexity index is 450. The van der Waals surface area contributed by atoms with Gasteiger partial charge in [-0.25, -0.2) is 9.78 Å². The second kappa shape index (κ2) is 5.49. The predicted octanol–water partition coefficient (Wildman–Crippen LogP) is 0.980. The number of aromatic carboxylic acids is 1. The minimum absolute atomic E-state index is 0.00635. The Hall–Kier alpha value is -1.82. The van der Waals surface area contributed by atoms with Gasteiger partial charge in [-0.1, -0.05) is 11.6 Å². The van der Waals surface area contributed by atoms with Gasteiger partial charge in [0.15, 0.2) is 0 Å². The third-order valence-electron chi connectivity index (χ3n) is 2.08. The van der Waals surface area contributed by atoms with E-state index in [1.165, 1.54) is 19.3 Å². The summed E-state index contributed by atoms with van der Waals surface area (Å²) >= 11 is 5.85. The van der Waals surface area contributed by atoms with Crippen molar-refractivity contribution in [1.29, 1.82) is 0 Å². The first-order valence-corrected chi connectivity index (χ1v) is 5.20. The minimum atomic E-state index is -1.11. The molecule has 3 N–H and O–H groups in total. The zero-order valence-corrected chi connectivity index (χ0v) is 10.1. The van der Waals surface area contributed by atoms with Crippen LogP contribution in [0.5, 0.6) is 0 Å². The molecule has 0 fully saturated rings. The van der Waals surface area contributed by atoms with E-state index in [0.717, 1.165) is 0 Å². The van der Waals surface area contributed by atoms with Gasteiger partial charge in [0.25, 0.3) is 0 Å². The van der Waals surface area contributed by atoms with Crippen LogP contribution >= 0.6 is 11.6 Å². The number of hydrogen-bond donors (Lipinski definition) is 3. The fourth-order valence-corrected chi connectivity index (χ4v) is 1.37. The van der Waals surface area contributed by atoms with Crippen molar-refractivity contribution >= 4 is 29.3 Å². The van der Waals surface area contributed by atoms with E-state index in [2.05, 4.69) is 15.6 Å². The maximum Gasteiger partial charge on any atom is 0.337 e. The quantitative estimate of drug-likeness (QED) is 0.748. The van der Waals surface area contributed by atoms with E-state index in [9.17, 15) is 9.59 Å². The van der Waals surface area contributed by atoms with Crippen LogP contribution in [0.15, 0.2) is 12.3 Å². The first-order valence-electron chi connectivity index (χ1n) is 4.82. The summed E-state index contributed by atoms with van der Waals surface area (Å²) in [6.45, 7) is 1.64. The molecule has 0 aliphatic rings. The van der Waals surface area contributed by atoms with Crippen LogP contribution in [-0.2, 0) is 4.79 Å². The zero-order chi connectivity index (χ0) is 13.0. The van der Waals surface area contributed by atoms with Crippen molar-refractivity contribution < 1.29 is 14.7 Å². The minimum Gasteiger partial charge on any atom is -0.478 e. The second-order valence-electron chi connectivity index (χ2n) is 3.34. The van der Waals surface area contributed by atoms with Gasteiger partial charge in [-0.3, -0.25) is 4.79 Å². The topological polar surface area (TPSA) is 91.3 Å². The maximum absolute atomic E-state index is 11.3. The molecule has 17 heavy (non-hydrogen) atoms. The fraction of sp³-hybridized carbons (Fsp3) is 0.300. The molecule has 6 nitrogen and oxygen atoms in total. The van der Waals surface area contributed by atoms with Crippen LogP contribution in [0.25, 0.3) is 0 Å². The van der Waals surface area contributed by atoms with Crippen LogP contribution in [-0.4, -0.2) is 35.1 Å². The lowest BCUT2D eigenvalue weighted by atomic mass is 10.2. The molecular weight excluding hydrogens is 246 g/mol. The number of nitrogens with zero attached hydrogens (tertiary/aromatic N) is 1. The smallest absolute Gasteiger partial charge is 0.337 e. The summed E-state index contributed by atoms with van der Waals surface area (Å²) in [6.07, 6.45) is 1.17. The molecule has 1 aromatic rings. The predicted molar refractivity (Wildman–Crippen MR) is 63.4 cm³/mol. The molecule has 1 rings (SSSR count). The van der Waals surface area contributed by atoms with Gasteiger partial charge in [-0.2, -0.15) is 0 Å². The summed E-state index contributed by atoms with van der Waals surface area (Å²) in [4.78, 5) is 25.8. The number of aromatic nitrogens is 1. The largest absolute Gasteiger partial charge is 0.478 e. The molecule has 0 aromatic carbocycles. The van der Waals surface area contributed by atoms with E-state index in [-0.39, 0.29) is 22.3 Å². The molecule has 0 saturated heterocycles. The number of carboxylic acid groups (broad SMARTS) is 1. The van der Waals surface area contributed by atoms with E-state index in [4.69, 9.17) is 16.7 Å². The highest BCUT2D eigenvalue weighted by Gasteiger charge is 2.14. The Balaban J connectivity index is 2.86. The standard InChI is InChI=1S/C10H12ClN3O3/c1-5(9(15)12-2)14-8-7(11)3-6(4-13-8)10(16)17/h3-5H,1-2H3,(H,12,15)(H,13,14)(H,16,17). The van der Waals surface area contributed by atoms with Crippen molar-refractivity contribution in [1.82, 2.24) is 10.3 Å². The number of carboxylic acids is 1. The highest BCUT2D eigenvalue weighted by molar-refractivity contribution is 6.33. The first kappa shape index (κ1) is 13.2. The Labute approximate surface area is 103 Å². The average molecular weight is 258 g/mol. The van der Waals surface area contributed by atoms with E-state index in [1.807, 2.05) is 0 Å². The average Bonchev–Trinajstić information content (AvgIpc) is 2.30. The molecular formula is C10H12ClN3O3. The van der Waals surface area contributed by atoms with Gasteiger partial charge in [-0.05, 0) is 13.0 Å². The Kier molecular flexibility index (Phi) is 4.28. The maximum atomic E-state index is 11.3. The number of pyridine rings is 1. The van der Waals surface area contributed by atoms with Crippen molar-refractivity contribution in [2.75, 3.05) is 12.4 Å². The molecule has 1 atom stereocenters. The van der Waals surface area contributed by atoms with Crippen molar-refractivity contribution in [3.05, 3.63) is 22.8 Å². The first-order chi connectivity index (χ1) is 7.95. The highest BCUT2D eigenvalue weighted by Crippen LogP contribution is 2.20. The van der Waals surface area contributed by atoms with Gasteiger partial charge < -0.3 is 15.7 Å².